The molecule has 2 aromatic rings. The molecule has 0 amide bonds. The first-order valence-corrected chi connectivity index (χ1v) is 11.3. The van der Waals surface area contributed by atoms with Gasteiger partial charge in [-0.25, -0.2) is 35.2 Å². The van der Waals surface area contributed by atoms with Crippen LogP contribution in [0.4, 0.5) is 0 Å². The van der Waals surface area contributed by atoms with Crippen molar-refractivity contribution in [1.29, 1.82) is 0 Å². The minimum absolute atomic E-state index is 0.149. The van der Waals surface area contributed by atoms with Crippen LogP contribution in [0.1, 0.15) is 10.4 Å². The largest absolute Gasteiger partial charge is 0.478 e. The molecule has 0 spiro atoms. The van der Waals surface area contributed by atoms with E-state index >= 15 is 0 Å². The van der Waals surface area contributed by atoms with Crippen molar-refractivity contribution in [3.8, 4) is 0 Å². The molecular formula is C13H13N3O8S3. The number of sulfonamides is 3. The Morgan fingerprint density at radius 2 is 1.04 bits per heavy atom. The summed E-state index contributed by atoms with van der Waals surface area (Å²) in [6, 6.07) is 7.80. The van der Waals surface area contributed by atoms with Gasteiger partial charge in [-0.3, -0.25) is 0 Å². The second-order valence-corrected chi connectivity index (χ2v) is 9.98. The molecule has 27 heavy (non-hydrogen) atoms. The first-order chi connectivity index (χ1) is 12.3. The highest BCUT2D eigenvalue weighted by molar-refractivity contribution is 7.92. The van der Waals surface area contributed by atoms with E-state index < -0.39 is 40.9 Å². The highest BCUT2D eigenvalue weighted by Gasteiger charge is 2.21. The number of hydrogen-bond donors (Lipinski definition) is 4. The van der Waals surface area contributed by atoms with Gasteiger partial charge in [-0.15, -0.1) is 9.66 Å². The van der Waals surface area contributed by atoms with Crippen LogP contribution in [0.15, 0.2) is 63.2 Å². The van der Waals surface area contributed by atoms with E-state index in [9.17, 15) is 30.0 Å². The second-order valence-electron chi connectivity index (χ2n) is 5.06. The van der Waals surface area contributed by atoms with Crippen LogP contribution < -0.4 is 14.8 Å². The Morgan fingerprint density at radius 3 is 1.37 bits per heavy atom. The maximum Gasteiger partial charge on any atom is 0.335 e. The fourth-order valence-corrected chi connectivity index (χ4v) is 4.43. The minimum Gasteiger partial charge on any atom is -0.478 e. The number of benzene rings is 2. The molecule has 14 heteroatoms. The Labute approximate surface area is 155 Å². The van der Waals surface area contributed by atoms with Crippen LogP contribution in [0.25, 0.3) is 0 Å². The second kappa shape index (κ2) is 7.34. The summed E-state index contributed by atoms with van der Waals surface area (Å²) < 4.78 is 70.7. The van der Waals surface area contributed by atoms with Crippen LogP contribution in [-0.2, 0) is 30.1 Å². The highest BCUT2D eigenvalue weighted by atomic mass is 32.2. The Morgan fingerprint density at radius 1 is 0.704 bits per heavy atom. The zero-order valence-electron chi connectivity index (χ0n) is 13.2. The fraction of sp³-hybridized carbons (Fsp3) is 0. The predicted molar refractivity (Wildman–Crippen MR) is 91.9 cm³/mol. The molecule has 0 saturated carbocycles. The standard InChI is InChI=1S/C13H13N3O8S3/c14-25(19,20)10-5-7-12(8-6-10)27(23,24)16-15-26(21,22)11-3-1-9(2-4-11)13(17)18/h1-8,15-16H,(H,17,18)(H2,14,19,20). The first kappa shape index (κ1) is 20.9. The molecule has 0 radical (unpaired) electrons. The molecule has 0 saturated heterocycles. The molecule has 0 aromatic heterocycles. The lowest BCUT2D eigenvalue weighted by Gasteiger charge is -2.10. The summed E-state index contributed by atoms with van der Waals surface area (Å²) in [4.78, 5) is 12.9. The smallest absolute Gasteiger partial charge is 0.335 e. The van der Waals surface area contributed by atoms with Crippen molar-refractivity contribution in [1.82, 2.24) is 9.66 Å². The number of carboxylic acids is 1. The summed E-state index contributed by atoms with van der Waals surface area (Å²) in [6.07, 6.45) is 0. The van der Waals surface area contributed by atoms with E-state index in [1.54, 1.807) is 9.66 Å². The number of carbonyl (C=O) groups is 1. The first-order valence-electron chi connectivity index (χ1n) is 6.83. The van der Waals surface area contributed by atoms with Gasteiger partial charge in [-0.05, 0) is 48.5 Å². The SMILES string of the molecule is NS(=O)(=O)c1ccc(S(=O)(=O)NNS(=O)(=O)c2ccc(C(=O)O)cc2)cc1. The van der Waals surface area contributed by atoms with Crippen LogP contribution in [0.3, 0.4) is 0 Å². The van der Waals surface area contributed by atoms with Crippen LogP contribution in [0.2, 0.25) is 0 Å². The van der Waals surface area contributed by atoms with Crippen molar-refractivity contribution in [2.24, 2.45) is 5.14 Å². The van der Waals surface area contributed by atoms with Crippen LogP contribution >= 0.6 is 0 Å². The number of hydrogen-bond acceptors (Lipinski definition) is 7. The summed E-state index contributed by atoms with van der Waals surface area (Å²) in [7, 11) is -12.7. The average molecular weight is 435 g/mol. The summed E-state index contributed by atoms with van der Waals surface area (Å²) >= 11 is 0. The quantitative estimate of drug-likeness (QED) is 0.406. The summed E-state index contributed by atoms with van der Waals surface area (Å²) in [5.41, 5.74) is -0.149. The number of primary sulfonamides is 1. The molecule has 2 aromatic carbocycles. The normalized spacial score (nSPS) is 12.6. The van der Waals surface area contributed by atoms with Crippen molar-refractivity contribution in [3.05, 3.63) is 54.1 Å². The Hall–Kier alpha value is -2.36. The number of rotatable bonds is 7. The average Bonchev–Trinajstić information content (AvgIpc) is 2.60. The van der Waals surface area contributed by atoms with Crippen LogP contribution in [0, 0.1) is 0 Å². The van der Waals surface area contributed by atoms with Crippen molar-refractivity contribution < 1.29 is 35.2 Å². The molecule has 0 bridgehead atoms. The molecule has 0 fully saturated rings. The molecule has 0 unspecified atom stereocenters. The Bertz CT molecular complexity index is 1170. The van der Waals surface area contributed by atoms with E-state index in [2.05, 4.69) is 0 Å². The summed E-state index contributed by atoms with van der Waals surface area (Å²) in [5, 5.41) is 13.7. The van der Waals surface area contributed by atoms with Gasteiger partial charge in [0.1, 0.15) is 0 Å². The van der Waals surface area contributed by atoms with Crippen molar-refractivity contribution in [3.63, 3.8) is 0 Å². The van der Waals surface area contributed by atoms with Gasteiger partial charge in [0.25, 0.3) is 20.0 Å². The third kappa shape index (κ3) is 5.09. The lowest BCUT2D eigenvalue weighted by atomic mass is 10.2. The number of nitrogens with two attached hydrogens (primary N) is 1. The Balaban J connectivity index is 2.19. The third-order valence-electron chi connectivity index (χ3n) is 3.18. The van der Waals surface area contributed by atoms with Crippen LogP contribution in [-0.4, -0.2) is 36.3 Å². The van der Waals surface area contributed by atoms with Gasteiger partial charge in [0.15, 0.2) is 0 Å². The maximum absolute atomic E-state index is 12.1. The number of hydrazine groups is 1. The third-order valence-corrected chi connectivity index (χ3v) is 6.77. The van der Waals surface area contributed by atoms with Gasteiger partial charge in [0.2, 0.25) is 10.0 Å². The molecule has 0 aliphatic carbocycles. The highest BCUT2D eigenvalue weighted by Crippen LogP contribution is 2.14. The number of nitrogens with one attached hydrogen (secondary N) is 2. The fourth-order valence-electron chi connectivity index (χ4n) is 1.81. The van der Waals surface area contributed by atoms with Gasteiger partial charge < -0.3 is 5.11 Å². The lowest BCUT2D eigenvalue weighted by molar-refractivity contribution is 0.0696. The predicted octanol–water partition coefficient (Wildman–Crippen LogP) is -0.796. The Kier molecular flexibility index (Phi) is 5.69. The molecule has 0 atom stereocenters. The molecule has 0 aliphatic rings. The minimum atomic E-state index is -4.36. The van der Waals surface area contributed by atoms with E-state index in [1.165, 1.54) is 0 Å². The van der Waals surface area contributed by atoms with Crippen molar-refractivity contribution in [2.75, 3.05) is 0 Å². The van der Waals surface area contributed by atoms with E-state index in [0.29, 0.717) is 0 Å². The van der Waals surface area contributed by atoms with Gasteiger partial charge in [0.05, 0.1) is 20.2 Å². The zero-order valence-corrected chi connectivity index (χ0v) is 15.7. The van der Waals surface area contributed by atoms with Gasteiger partial charge in [-0.1, -0.05) is 0 Å². The molecule has 2 rings (SSSR count). The maximum atomic E-state index is 12.1. The topological polar surface area (TPSA) is 190 Å². The summed E-state index contributed by atoms with van der Waals surface area (Å²) in [6.45, 7) is 0. The lowest BCUT2D eigenvalue weighted by Crippen LogP contribution is -2.41. The van der Waals surface area contributed by atoms with Gasteiger partial charge in [-0.2, -0.15) is 0 Å². The van der Waals surface area contributed by atoms with E-state index in [1.807, 2.05) is 0 Å². The molecule has 0 heterocycles. The molecular weight excluding hydrogens is 422 g/mol. The van der Waals surface area contributed by atoms with Crippen LogP contribution in [0.5, 0.6) is 0 Å². The number of carboxylic acid groups (broad SMARTS) is 1. The molecule has 11 nitrogen and oxygen atoms in total. The number of aromatic carboxylic acids is 1. The van der Waals surface area contributed by atoms with E-state index in [0.717, 1.165) is 48.5 Å². The monoisotopic (exact) mass is 435 g/mol. The van der Waals surface area contributed by atoms with E-state index in [4.69, 9.17) is 10.2 Å². The van der Waals surface area contributed by atoms with Crippen molar-refractivity contribution >= 4 is 36.0 Å². The van der Waals surface area contributed by atoms with Gasteiger partial charge in [0, 0.05) is 0 Å². The molecule has 146 valence electrons. The van der Waals surface area contributed by atoms with Crippen molar-refractivity contribution in [2.45, 2.75) is 14.7 Å². The molecule has 5 N–H and O–H groups in total. The summed E-state index contributed by atoms with van der Waals surface area (Å²) in [5.74, 6) is -1.25. The van der Waals surface area contributed by atoms with E-state index in [-0.39, 0.29) is 15.4 Å². The zero-order chi connectivity index (χ0) is 20.5. The van der Waals surface area contributed by atoms with Gasteiger partial charge >= 0.3 is 5.97 Å². The molecule has 0 aliphatic heterocycles.